The van der Waals surface area contributed by atoms with E-state index < -0.39 is 11.9 Å². The van der Waals surface area contributed by atoms with Gasteiger partial charge < -0.3 is 15.2 Å². The highest BCUT2D eigenvalue weighted by Gasteiger charge is 2.22. The number of aromatic nitrogens is 2. The van der Waals surface area contributed by atoms with E-state index in [0.717, 1.165) is 11.3 Å². The van der Waals surface area contributed by atoms with Crippen LogP contribution in [0.15, 0.2) is 30.3 Å². The summed E-state index contributed by atoms with van der Waals surface area (Å²) in [5, 5.41) is 16.4. The lowest BCUT2D eigenvalue weighted by Crippen LogP contribution is -2.34. The van der Waals surface area contributed by atoms with Crippen molar-refractivity contribution in [3.63, 3.8) is 0 Å². The second-order valence-corrected chi connectivity index (χ2v) is 6.49. The molecule has 1 heterocycles. The number of para-hydroxylation sites is 1. The fourth-order valence-corrected chi connectivity index (χ4v) is 2.82. The number of nitrogens with one attached hydrogen (secondary N) is 1. The van der Waals surface area contributed by atoms with Crippen molar-refractivity contribution in [3.8, 4) is 5.75 Å². The van der Waals surface area contributed by atoms with Gasteiger partial charge in [0.1, 0.15) is 11.4 Å². The molecule has 0 aliphatic rings. The third-order valence-electron chi connectivity index (χ3n) is 4.26. The minimum atomic E-state index is -0.972. The first kappa shape index (κ1) is 19.5. The third-order valence-corrected chi connectivity index (χ3v) is 4.26. The summed E-state index contributed by atoms with van der Waals surface area (Å²) in [7, 11) is 3.33. The highest BCUT2D eigenvalue weighted by Crippen LogP contribution is 2.21. The van der Waals surface area contributed by atoms with Gasteiger partial charge in [-0.05, 0) is 30.0 Å². The molecule has 2 N–H and O–H groups in total. The summed E-state index contributed by atoms with van der Waals surface area (Å²) in [6.45, 7) is 4.05. The molecule has 0 fully saturated rings. The third kappa shape index (κ3) is 4.62. The van der Waals surface area contributed by atoms with Crippen LogP contribution in [0.3, 0.4) is 0 Å². The Morgan fingerprint density at radius 3 is 2.58 bits per heavy atom. The van der Waals surface area contributed by atoms with Crippen molar-refractivity contribution in [2.24, 2.45) is 13.0 Å². The summed E-state index contributed by atoms with van der Waals surface area (Å²) in [4.78, 5) is 23.9. The maximum atomic E-state index is 12.3. The quantitative estimate of drug-likeness (QED) is 0.754. The highest BCUT2D eigenvalue weighted by atomic mass is 16.5. The molecular weight excluding hydrogens is 334 g/mol. The molecule has 140 valence electrons. The Morgan fingerprint density at radius 1 is 1.31 bits per heavy atom. The van der Waals surface area contributed by atoms with Crippen molar-refractivity contribution >= 4 is 11.9 Å². The monoisotopic (exact) mass is 359 g/mol. The lowest BCUT2D eigenvalue weighted by molar-refractivity contribution is -0.141. The predicted octanol–water partition coefficient (Wildman–Crippen LogP) is 2.23. The SMILES string of the molecule is COc1ccccc1CC(CNC(=O)c1cc(C(C)C)n(C)n1)C(=O)O. The van der Waals surface area contributed by atoms with Crippen LogP contribution < -0.4 is 10.1 Å². The number of rotatable bonds is 8. The average molecular weight is 359 g/mol. The van der Waals surface area contributed by atoms with E-state index in [0.29, 0.717) is 5.75 Å². The molecule has 0 radical (unpaired) electrons. The molecule has 1 aromatic carbocycles. The zero-order chi connectivity index (χ0) is 19.3. The second kappa shape index (κ2) is 8.51. The average Bonchev–Trinajstić information content (AvgIpc) is 3.00. The number of carbonyl (C=O) groups is 2. The van der Waals surface area contributed by atoms with Crippen LogP contribution in [-0.4, -0.2) is 40.4 Å². The lowest BCUT2D eigenvalue weighted by Gasteiger charge is -2.15. The van der Waals surface area contributed by atoms with Crippen LogP contribution in [0.4, 0.5) is 0 Å². The van der Waals surface area contributed by atoms with Crippen LogP contribution in [0.5, 0.6) is 5.75 Å². The number of nitrogens with zero attached hydrogens (tertiary/aromatic N) is 2. The fraction of sp³-hybridized carbons (Fsp3) is 0.421. The molecule has 0 saturated carbocycles. The molecule has 7 heteroatoms. The summed E-state index contributed by atoms with van der Waals surface area (Å²) in [5.41, 5.74) is 2.02. The van der Waals surface area contributed by atoms with Crippen molar-refractivity contribution in [2.75, 3.05) is 13.7 Å². The summed E-state index contributed by atoms with van der Waals surface area (Å²) < 4.78 is 6.94. The molecule has 1 aromatic heterocycles. The number of carbonyl (C=O) groups excluding carboxylic acids is 1. The molecule has 26 heavy (non-hydrogen) atoms. The normalized spacial score (nSPS) is 12.0. The standard InChI is InChI=1S/C19H25N3O4/c1-12(2)16-10-15(21-22(16)3)18(23)20-11-14(19(24)25)9-13-7-5-6-8-17(13)26-4/h5-8,10,12,14H,9,11H2,1-4H3,(H,20,23)(H,24,25). The van der Waals surface area contributed by atoms with Gasteiger partial charge in [-0.3, -0.25) is 14.3 Å². The van der Waals surface area contributed by atoms with E-state index in [9.17, 15) is 14.7 Å². The first-order valence-electron chi connectivity index (χ1n) is 8.50. The molecule has 0 aliphatic carbocycles. The van der Waals surface area contributed by atoms with Crippen LogP contribution >= 0.6 is 0 Å². The molecule has 0 aliphatic heterocycles. The van der Waals surface area contributed by atoms with Crippen LogP contribution in [0.1, 0.15) is 41.5 Å². The van der Waals surface area contributed by atoms with Gasteiger partial charge in [0.15, 0.2) is 0 Å². The maximum absolute atomic E-state index is 12.3. The number of aliphatic carboxylic acids is 1. The predicted molar refractivity (Wildman–Crippen MR) is 97.5 cm³/mol. The Morgan fingerprint density at radius 2 is 2.00 bits per heavy atom. The Bertz CT molecular complexity index is 783. The second-order valence-electron chi connectivity index (χ2n) is 6.49. The summed E-state index contributed by atoms with van der Waals surface area (Å²) in [5.74, 6) is -1.23. The van der Waals surface area contributed by atoms with Gasteiger partial charge in [0, 0.05) is 19.3 Å². The molecule has 2 aromatic rings. The Kier molecular flexibility index (Phi) is 6.38. The van der Waals surface area contributed by atoms with Crippen LogP contribution in [0.25, 0.3) is 0 Å². The molecule has 2 rings (SSSR count). The summed E-state index contributed by atoms with van der Waals surface area (Å²) in [6, 6.07) is 9.00. The molecule has 0 spiro atoms. The van der Waals surface area contributed by atoms with E-state index in [2.05, 4.69) is 10.4 Å². The van der Waals surface area contributed by atoms with E-state index in [-0.39, 0.29) is 30.5 Å². The van der Waals surface area contributed by atoms with Gasteiger partial charge in [0.2, 0.25) is 0 Å². The van der Waals surface area contributed by atoms with E-state index in [1.807, 2.05) is 32.0 Å². The van der Waals surface area contributed by atoms with Crippen LogP contribution in [-0.2, 0) is 18.3 Å². The highest BCUT2D eigenvalue weighted by molar-refractivity contribution is 5.92. The van der Waals surface area contributed by atoms with Crippen LogP contribution in [0.2, 0.25) is 0 Å². The Hall–Kier alpha value is -2.83. The number of ether oxygens (including phenoxy) is 1. The van der Waals surface area contributed by atoms with Gasteiger partial charge in [0.25, 0.3) is 5.91 Å². The van der Waals surface area contributed by atoms with Gasteiger partial charge in [-0.2, -0.15) is 5.10 Å². The number of benzene rings is 1. The van der Waals surface area contributed by atoms with Crippen molar-refractivity contribution in [1.29, 1.82) is 0 Å². The maximum Gasteiger partial charge on any atom is 0.308 e. The first-order valence-corrected chi connectivity index (χ1v) is 8.50. The molecule has 7 nitrogen and oxygen atoms in total. The summed E-state index contributed by atoms with van der Waals surface area (Å²) in [6.07, 6.45) is 0.263. The van der Waals surface area contributed by atoms with Crippen molar-refractivity contribution in [3.05, 3.63) is 47.3 Å². The van der Waals surface area contributed by atoms with Gasteiger partial charge in [0.05, 0.1) is 13.0 Å². The number of methoxy groups -OCH3 is 1. The van der Waals surface area contributed by atoms with E-state index in [1.54, 1.807) is 31.0 Å². The lowest BCUT2D eigenvalue weighted by atomic mass is 9.98. The zero-order valence-electron chi connectivity index (χ0n) is 15.5. The first-order chi connectivity index (χ1) is 12.3. The number of hydrogen-bond donors (Lipinski definition) is 2. The van der Waals surface area contributed by atoms with Crippen LogP contribution in [0, 0.1) is 5.92 Å². The number of hydrogen-bond acceptors (Lipinski definition) is 4. The zero-order valence-corrected chi connectivity index (χ0v) is 15.5. The molecular formula is C19H25N3O4. The smallest absolute Gasteiger partial charge is 0.308 e. The van der Waals surface area contributed by atoms with Gasteiger partial charge >= 0.3 is 5.97 Å². The van der Waals surface area contributed by atoms with E-state index in [1.165, 1.54) is 0 Å². The van der Waals surface area contributed by atoms with E-state index in [4.69, 9.17) is 4.74 Å². The number of carboxylic acid groups (broad SMARTS) is 1. The minimum absolute atomic E-state index is 0.0137. The molecule has 1 amide bonds. The summed E-state index contributed by atoms with van der Waals surface area (Å²) >= 11 is 0. The van der Waals surface area contributed by atoms with Crippen molar-refractivity contribution in [2.45, 2.75) is 26.2 Å². The Balaban J connectivity index is 2.05. The number of carboxylic acids is 1. The number of aryl methyl sites for hydroxylation is 1. The fourth-order valence-electron chi connectivity index (χ4n) is 2.82. The minimum Gasteiger partial charge on any atom is -0.496 e. The topological polar surface area (TPSA) is 93.5 Å². The molecule has 0 saturated heterocycles. The van der Waals surface area contributed by atoms with Gasteiger partial charge in [-0.15, -0.1) is 0 Å². The van der Waals surface area contributed by atoms with E-state index >= 15 is 0 Å². The largest absolute Gasteiger partial charge is 0.496 e. The Labute approximate surface area is 153 Å². The molecule has 1 unspecified atom stereocenters. The van der Waals surface area contributed by atoms with Crippen molar-refractivity contribution in [1.82, 2.24) is 15.1 Å². The molecule has 0 bridgehead atoms. The number of amides is 1. The molecule has 1 atom stereocenters. The van der Waals surface area contributed by atoms with Crippen molar-refractivity contribution < 1.29 is 19.4 Å². The van der Waals surface area contributed by atoms with Gasteiger partial charge in [-0.25, -0.2) is 0 Å². The van der Waals surface area contributed by atoms with Gasteiger partial charge in [-0.1, -0.05) is 32.0 Å².